The van der Waals surface area contributed by atoms with E-state index in [4.69, 9.17) is 23.2 Å². The summed E-state index contributed by atoms with van der Waals surface area (Å²) in [6.07, 6.45) is 1.33. The summed E-state index contributed by atoms with van der Waals surface area (Å²) in [7, 11) is 0. The highest BCUT2D eigenvalue weighted by atomic mass is 35.5. The largest absolute Gasteiger partial charge is 0.293 e. The minimum absolute atomic E-state index is 0.0509. The summed E-state index contributed by atoms with van der Waals surface area (Å²) >= 11 is 12.2. The van der Waals surface area contributed by atoms with E-state index in [2.05, 4.69) is 15.3 Å². The van der Waals surface area contributed by atoms with Crippen LogP contribution < -0.4 is 5.56 Å². The van der Waals surface area contributed by atoms with Gasteiger partial charge in [0.25, 0.3) is 5.56 Å². The smallest absolute Gasteiger partial charge is 0.283 e. The molecule has 0 aliphatic carbocycles. The summed E-state index contributed by atoms with van der Waals surface area (Å²) in [6.45, 7) is 0.274. The van der Waals surface area contributed by atoms with Crippen molar-refractivity contribution in [3.8, 4) is 0 Å². The lowest BCUT2D eigenvalue weighted by Crippen LogP contribution is -2.22. The van der Waals surface area contributed by atoms with Gasteiger partial charge >= 0.3 is 0 Å². The fraction of sp³-hybridized carbons (Fsp3) is 0.111. The number of nitrogens with zero attached hydrogens (tertiary/aromatic N) is 5. The van der Waals surface area contributed by atoms with Gasteiger partial charge in [-0.15, -0.1) is 5.10 Å². The third-order valence-electron chi connectivity index (χ3n) is 4.16. The van der Waals surface area contributed by atoms with Gasteiger partial charge in [0.15, 0.2) is 11.2 Å². The molecule has 0 fully saturated rings. The monoisotopic (exact) mass is 403 g/mol. The van der Waals surface area contributed by atoms with E-state index in [0.717, 1.165) is 5.56 Å². The molecule has 0 N–H and O–H groups in total. The summed E-state index contributed by atoms with van der Waals surface area (Å²) in [5.74, 6) is -0.489. The zero-order valence-electron chi connectivity index (χ0n) is 13.8. The molecule has 0 bridgehead atoms. The Bertz CT molecular complexity index is 1180. The minimum Gasteiger partial charge on any atom is -0.293 e. The third-order valence-corrected chi connectivity index (χ3v) is 4.88. The number of rotatable bonds is 4. The van der Waals surface area contributed by atoms with Crippen molar-refractivity contribution in [2.75, 3.05) is 0 Å². The number of benzene rings is 2. The van der Waals surface area contributed by atoms with Crippen LogP contribution in [0.25, 0.3) is 11.2 Å². The number of aromatic nitrogens is 5. The van der Waals surface area contributed by atoms with Crippen LogP contribution in [0.15, 0.2) is 53.6 Å². The number of halogens is 3. The average Bonchev–Trinajstić information content (AvgIpc) is 3.06. The van der Waals surface area contributed by atoms with E-state index in [-0.39, 0.29) is 22.6 Å². The standard InChI is InChI=1S/C18H12Cl2FN5O/c19-13-5-2-1-4-11(13)8-26-17-16(23-24-26)18(27)25(10-22-17)9-12-14(20)6-3-7-15(12)21/h1-7,10H,8-9H2. The Labute approximate surface area is 162 Å². The second-order valence-electron chi connectivity index (χ2n) is 5.89. The van der Waals surface area contributed by atoms with Gasteiger partial charge in [0, 0.05) is 15.6 Å². The summed E-state index contributed by atoms with van der Waals surface area (Å²) in [5.41, 5.74) is 1.04. The molecule has 0 spiro atoms. The van der Waals surface area contributed by atoms with Crippen LogP contribution in [0.3, 0.4) is 0 Å². The van der Waals surface area contributed by atoms with Gasteiger partial charge in [0.1, 0.15) is 12.1 Å². The predicted octanol–water partition coefficient (Wildman–Crippen LogP) is 3.53. The SMILES string of the molecule is O=c1c2nnn(Cc3ccccc3Cl)c2ncn1Cc1c(F)cccc1Cl. The maximum Gasteiger partial charge on any atom is 0.283 e. The van der Waals surface area contributed by atoms with Crippen molar-refractivity contribution in [1.29, 1.82) is 0 Å². The van der Waals surface area contributed by atoms with Gasteiger partial charge in [-0.05, 0) is 23.8 Å². The first-order chi connectivity index (χ1) is 13.0. The van der Waals surface area contributed by atoms with Crippen LogP contribution in [-0.2, 0) is 13.1 Å². The van der Waals surface area contributed by atoms with Crippen molar-refractivity contribution >= 4 is 34.4 Å². The van der Waals surface area contributed by atoms with E-state index in [1.54, 1.807) is 12.1 Å². The number of hydrogen-bond acceptors (Lipinski definition) is 4. The molecule has 4 rings (SSSR count). The van der Waals surface area contributed by atoms with Crippen LogP contribution >= 0.6 is 23.2 Å². The van der Waals surface area contributed by atoms with Crippen molar-refractivity contribution in [2.24, 2.45) is 0 Å². The maximum absolute atomic E-state index is 14.0. The summed E-state index contributed by atoms with van der Waals surface area (Å²) in [5, 5.41) is 8.77. The van der Waals surface area contributed by atoms with Gasteiger partial charge in [-0.2, -0.15) is 0 Å². The summed E-state index contributed by atoms with van der Waals surface area (Å²) < 4.78 is 16.8. The maximum atomic E-state index is 14.0. The van der Waals surface area contributed by atoms with E-state index in [1.807, 2.05) is 18.2 Å². The molecule has 27 heavy (non-hydrogen) atoms. The lowest BCUT2D eigenvalue weighted by atomic mass is 10.2. The predicted molar refractivity (Wildman–Crippen MR) is 101 cm³/mol. The van der Waals surface area contributed by atoms with E-state index in [1.165, 1.54) is 27.7 Å². The lowest BCUT2D eigenvalue weighted by Gasteiger charge is -2.08. The molecule has 0 saturated heterocycles. The Morgan fingerprint density at radius 1 is 1.00 bits per heavy atom. The molecule has 6 nitrogen and oxygen atoms in total. The first-order valence-electron chi connectivity index (χ1n) is 7.99. The molecule has 136 valence electrons. The average molecular weight is 404 g/mol. The molecule has 0 radical (unpaired) electrons. The molecule has 0 saturated carbocycles. The fourth-order valence-corrected chi connectivity index (χ4v) is 3.17. The Hall–Kier alpha value is -2.77. The van der Waals surface area contributed by atoms with Gasteiger partial charge < -0.3 is 0 Å². The number of hydrogen-bond donors (Lipinski definition) is 0. The first-order valence-corrected chi connectivity index (χ1v) is 8.75. The summed E-state index contributed by atoms with van der Waals surface area (Å²) in [6, 6.07) is 11.7. The van der Waals surface area contributed by atoms with Crippen LogP contribution in [0.1, 0.15) is 11.1 Å². The molecule has 2 heterocycles. The molecular formula is C18H12Cl2FN5O. The second kappa shape index (κ2) is 7.09. The van der Waals surface area contributed by atoms with Gasteiger partial charge in [-0.25, -0.2) is 14.1 Å². The zero-order valence-corrected chi connectivity index (χ0v) is 15.3. The lowest BCUT2D eigenvalue weighted by molar-refractivity contribution is 0.595. The van der Waals surface area contributed by atoms with Crippen molar-refractivity contribution in [3.63, 3.8) is 0 Å². The van der Waals surface area contributed by atoms with Crippen LogP contribution in [0.2, 0.25) is 10.0 Å². The Morgan fingerprint density at radius 2 is 1.78 bits per heavy atom. The van der Waals surface area contributed by atoms with Crippen molar-refractivity contribution in [2.45, 2.75) is 13.1 Å². The highest BCUT2D eigenvalue weighted by molar-refractivity contribution is 6.31. The molecule has 0 unspecified atom stereocenters. The molecular weight excluding hydrogens is 392 g/mol. The van der Waals surface area contributed by atoms with E-state index < -0.39 is 11.4 Å². The normalized spacial score (nSPS) is 11.2. The highest BCUT2D eigenvalue weighted by Crippen LogP contribution is 2.20. The highest BCUT2D eigenvalue weighted by Gasteiger charge is 2.15. The van der Waals surface area contributed by atoms with Crippen molar-refractivity contribution in [3.05, 3.63) is 86.1 Å². The Balaban J connectivity index is 1.72. The van der Waals surface area contributed by atoms with Gasteiger partial charge in [-0.3, -0.25) is 9.36 Å². The third kappa shape index (κ3) is 3.31. The fourth-order valence-electron chi connectivity index (χ4n) is 2.75. The first kappa shape index (κ1) is 17.6. The van der Waals surface area contributed by atoms with Crippen molar-refractivity contribution < 1.29 is 4.39 Å². The summed E-state index contributed by atoms with van der Waals surface area (Å²) in [4.78, 5) is 17.0. The molecule has 4 aromatic rings. The van der Waals surface area contributed by atoms with E-state index >= 15 is 0 Å². The van der Waals surface area contributed by atoms with Crippen LogP contribution in [0.4, 0.5) is 4.39 Å². The molecule has 2 aromatic heterocycles. The van der Waals surface area contributed by atoms with E-state index in [0.29, 0.717) is 17.2 Å². The molecule has 0 aliphatic rings. The molecule has 9 heteroatoms. The molecule has 0 amide bonds. The van der Waals surface area contributed by atoms with Gasteiger partial charge in [0.2, 0.25) is 0 Å². The zero-order chi connectivity index (χ0) is 19.0. The van der Waals surface area contributed by atoms with Gasteiger partial charge in [-0.1, -0.05) is 52.7 Å². The molecule has 2 aromatic carbocycles. The topological polar surface area (TPSA) is 65.6 Å². The molecule has 0 atom stereocenters. The van der Waals surface area contributed by atoms with Crippen molar-refractivity contribution in [1.82, 2.24) is 24.5 Å². The Morgan fingerprint density at radius 3 is 2.56 bits per heavy atom. The van der Waals surface area contributed by atoms with Crippen LogP contribution in [-0.4, -0.2) is 24.5 Å². The molecule has 0 aliphatic heterocycles. The van der Waals surface area contributed by atoms with Gasteiger partial charge in [0.05, 0.1) is 13.1 Å². The minimum atomic E-state index is -0.489. The van der Waals surface area contributed by atoms with Crippen LogP contribution in [0.5, 0.6) is 0 Å². The quantitative estimate of drug-likeness (QED) is 0.522. The second-order valence-corrected chi connectivity index (χ2v) is 6.70. The Kier molecular flexibility index (Phi) is 4.63. The number of fused-ring (bicyclic) bond motifs is 1. The van der Waals surface area contributed by atoms with Crippen LogP contribution in [0, 0.1) is 5.82 Å². The van der Waals surface area contributed by atoms with E-state index in [9.17, 15) is 9.18 Å².